The summed E-state index contributed by atoms with van der Waals surface area (Å²) in [6, 6.07) is 0. The minimum Gasteiger partial charge on any atom is -0.218 e. The van der Waals surface area contributed by atoms with E-state index in [2.05, 4.69) is 39.2 Å². The van der Waals surface area contributed by atoms with Crippen molar-refractivity contribution >= 4 is 22.6 Å². The fraction of sp³-hybridized carbons (Fsp3) is 0.625. The van der Waals surface area contributed by atoms with Crippen molar-refractivity contribution in [1.29, 1.82) is 0 Å². The Morgan fingerprint density at radius 2 is 2.31 bits per heavy atom. The number of tetrazole rings is 1. The van der Waals surface area contributed by atoms with E-state index in [0.717, 1.165) is 12.2 Å². The van der Waals surface area contributed by atoms with Gasteiger partial charge in [0.05, 0.1) is 0 Å². The zero-order valence-electron chi connectivity index (χ0n) is 7.66. The molecule has 0 atom stereocenters. The lowest BCUT2D eigenvalue weighted by molar-refractivity contribution is 0.569. The van der Waals surface area contributed by atoms with Crippen LogP contribution in [0.1, 0.15) is 19.7 Å². The molecule has 5 heteroatoms. The molecule has 0 N–H and O–H groups in total. The Hall–Kier alpha value is -0.640. The summed E-state index contributed by atoms with van der Waals surface area (Å²) in [7, 11) is 0. The zero-order chi connectivity index (χ0) is 9.68. The lowest BCUT2D eigenvalue weighted by Gasteiger charge is -2.02. The number of halogens is 1. The number of rotatable bonds is 3. The molecule has 0 aliphatic carbocycles. The van der Waals surface area contributed by atoms with Crippen molar-refractivity contribution in [3.05, 3.63) is 5.82 Å². The molecule has 0 aliphatic rings. The third kappa shape index (κ3) is 3.30. The summed E-state index contributed by atoms with van der Waals surface area (Å²) in [5, 5.41) is 11.4. The summed E-state index contributed by atoms with van der Waals surface area (Å²) in [6.45, 7) is 4.87. The minimum absolute atomic E-state index is 0.567. The Morgan fingerprint density at radius 3 is 2.92 bits per heavy atom. The largest absolute Gasteiger partial charge is 0.218 e. The van der Waals surface area contributed by atoms with Gasteiger partial charge in [-0.3, -0.25) is 0 Å². The molecule has 0 aliphatic heterocycles. The number of hydrogen-bond acceptors (Lipinski definition) is 3. The fourth-order valence-corrected chi connectivity index (χ4v) is 1.13. The SMILES string of the molecule is CC(C)Cc1nnnn1CC#CI. The van der Waals surface area contributed by atoms with E-state index in [9.17, 15) is 0 Å². The van der Waals surface area contributed by atoms with Crippen LogP contribution in [0.4, 0.5) is 0 Å². The van der Waals surface area contributed by atoms with Crippen LogP contribution >= 0.6 is 22.6 Å². The Kier molecular flexibility index (Phi) is 4.15. The van der Waals surface area contributed by atoms with E-state index in [0.29, 0.717) is 12.5 Å². The van der Waals surface area contributed by atoms with Crippen molar-refractivity contribution < 1.29 is 0 Å². The predicted octanol–water partition coefficient (Wildman–Crippen LogP) is 1.27. The smallest absolute Gasteiger partial charge is 0.152 e. The van der Waals surface area contributed by atoms with Crippen molar-refractivity contribution in [3.8, 4) is 9.85 Å². The molecule has 1 aromatic rings. The van der Waals surface area contributed by atoms with E-state index in [4.69, 9.17) is 0 Å². The van der Waals surface area contributed by atoms with Crippen LogP contribution in [0, 0.1) is 15.8 Å². The second-order valence-corrected chi connectivity index (χ2v) is 3.66. The van der Waals surface area contributed by atoms with Gasteiger partial charge < -0.3 is 0 Å². The molecule has 0 spiro atoms. The van der Waals surface area contributed by atoms with Gasteiger partial charge in [-0.1, -0.05) is 19.8 Å². The molecular formula is C8H11IN4. The first-order valence-corrected chi connectivity index (χ1v) is 5.15. The standard InChI is InChI=1S/C8H11IN4/c1-7(2)6-8-10-11-12-13(8)5-3-4-9/h7H,5-6H2,1-2H3. The Balaban J connectivity index is 2.69. The number of hydrogen-bond donors (Lipinski definition) is 0. The van der Waals surface area contributed by atoms with E-state index in [1.165, 1.54) is 0 Å². The normalized spacial score (nSPS) is 9.85. The van der Waals surface area contributed by atoms with Gasteiger partial charge in [0.25, 0.3) is 0 Å². The average Bonchev–Trinajstić information content (AvgIpc) is 2.48. The van der Waals surface area contributed by atoms with Crippen LogP contribution in [0.5, 0.6) is 0 Å². The van der Waals surface area contributed by atoms with E-state index >= 15 is 0 Å². The third-order valence-electron chi connectivity index (χ3n) is 1.49. The molecule has 0 saturated heterocycles. The highest BCUT2D eigenvalue weighted by molar-refractivity contribution is 14.1. The Bertz CT molecular complexity index is 320. The first-order chi connectivity index (χ1) is 6.24. The zero-order valence-corrected chi connectivity index (χ0v) is 9.82. The van der Waals surface area contributed by atoms with E-state index in [1.807, 2.05) is 22.6 Å². The average molecular weight is 290 g/mol. The van der Waals surface area contributed by atoms with Crippen LogP contribution in [0.15, 0.2) is 0 Å². The molecule has 0 amide bonds. The highest BCUT2D eigenvalue weighted by atomic mass is 127. The van der Waals surface area contributed by atoms with Crippen molar-refractivity contribution in [2.24, 2.45) is 5.92 Å². The van der Waals surface area contributed by atoms with Gasteiger partial charge in [0.2, 0.25) is 0 Å². The molecule has 1 aromatic heterocycles. The van der Waals surface area contributed by atoms with Crippen LogP contribution in [-0.4, -0.2) is 20.2 Å². The molecule has 0 radical (unpaired) electrons. The molecule has 1 heterocycles. The van der Waals surface area contributed by atoms with Gasteiger partial charge in [-0.15, -0.1) is 5.10 Å². The van der Waals surface area contributed by atoms with E-state index < -0.39 is 0 Å². The lowest BCUT2D eigenvalue weighted by Crippen LogP contribution is -2.07. The van der Waals surface area contributed by atoms with Crippen LogP contribution in [0.25, 0.3) is 0 Å². The second-order valence-electron chi connectivity index (χ2n) is 3.12. The molecule has 0 aromatic carbocycles. The minimum atomic E-state index is 0.567. The Morgan fingerprint density at radius 1 is 1.54 bits per heavy atom. The van der Waals surface area contributed by atoms with Gasteiger partial charge in [-0.25, -0.2) is 4.68 Å². The van der Waals surface area contributed by atoms with Crippen molar-refractivity contribution in [3.63, 3.8) is 0 Å². The monoisotopic (exact) mass is 290 g/mol. The lowest BCUT2D eigenvalue weighted by atomic mass is 10.1. The van der Waals surface area contributed by atoms with Crippen LogP contribution in [0.3, 0.4) is 0 Å². The fourth-order valence-electron chi connectivity index (χ4n) is 0.962. The molecule has 1 rings (SSSR count). The molecule has 13 heavy (non-hydrogen) atoms. The summed E-state index contributed by atoms with van der Waals surface area (Å²) >= 11 is 2.01. The van der Waals surface area contributed by atoms with Gasteiger partial charge in [0.1, 0.15) is 6.54 Å². The maximum Gasteiger partial charge on any atom is 0.152 e. The van der Waals surface area contributed by atoms with Crippen molar-refractivity contribution in [2.75, 3.05) is 0 Å². The highest BCUT2D eigenvalue weighted by Crippen LogP contribution is 2.02. The molecule has 0 unspecified atom stereocenters. The number of aromatic nitrogens is 4. The summed E-state index contributed by atoms with van der Waals surface area (Å²) in [5.74, 6) is 4.40. The number of nitrogens with zero attached hydrogens (tertiary/aromatic N) is 4. The van der Waals surface area contributed by atoms with Gasteiger partial charge in [0.15, 0.2) is 5.82 Å². The van der Waals surface area contributed by atoms with Gasteiger partial charge >= 0.3 is 0 Å². The second kappa shape index (κ2) is 5.17. The maximum absolute atomic E-state index is 3.94. The summed E-state index contributed by atoms with van der Waals surface area (Å²) < 4.78 is 4.53. The Labute approximate surface area is 91.2 Å². The van der Waals surface area contributed by atoms with Gasteiger partial charge in [-0.05, 0) is 20.3 Å². The summed E-state index contributed by atoms with van der Waals surface area (Å²) in [6.07, 6.45) is 0.899. The molecule has 0 saturated carbocycles. The molecule has 70 valence electrons. The molecular weight excluding hydrogens is 279 g/mol. The van der Waals surface area contributed by atoms with E-state index in [1.54, 1.807) is 4.68 Å². The predicted molar refractivity (Wildman–Crippen MR) is 58.2 cm³/mol. The topological polar surface area (TPSA) is 43.6 Å². The molecule has 0 bridgehead atoms. The first-order valence-electron chi connectivity index (χ1n) is 4.07. The third-order valence-corrected chi connectivity index (χ3v) is 1.87. The first kappa shape index (κ1) is 10.4. The van der Waals surface area contributed by atoms with Crippen LogP contribution in [-0.2, 0) is 13.0 Å². The quantitative estimate of drug-likeness (QED) is 0.622. The van der Waals surface area contributed by atoms with Crippen molar-refractivity contribution in [1.82, 2.24) is 20.2 Å². The molecule has 0 fully saturated rings. The van der Waals surface area contributed by atoms with E-state index in [-0.39, 0.29) is 0 Å². The summed E-state index contributed by atoms with van der Waals surface area (Å²) in [5.41, 5.74) is 0. The van der Waals surface area contributed by atoms with Gasteiger partial charge in [-0.2, -0.15) is 0 Å². The van der Waals surface area contributed by atoms with Gasteiger partial charge in [0, 0.05) is 29.0 Å². The van der Waals surface area contributed by atoms with Crippen LogP contribution < -0.4 is 0 Å². The maximum atomic E-state index is 3.94. The summed E-state index contributed by atoms with van der Waals surface area (Å²) in [4.78, 5) is 0. The van der Waals surface area contributed by atoms with Crippen LogP contribution in [0.2, 0.25) is 0 Å². The highest BCUT2D eigenvalue weighted by Gasteiger charge is 2.06. The molecule has 4 nitrogen and oxygen atoms in total. The van der Waals surface area contributed by atoms with Crippen molar-refractivity contribution in [2.45, 2.75) is 26.8 Å².